The number of amides is 1. The molecule has 8 heteroatoms. The van der Waals surface area contributed by atoms with Crippen LogP contribution >= 0.6 is 0 Å². The fourth-order valence-electron chi connectivity index (χ4n) is 2.27. The third-order valence-electron chi connectivity index (χ3n) is 3.75. The Bertz CT molecular complexity index is 917. The minimum atomic E-state index is -3.88. The van der Waals surface area contributed by atoms with E-state index in [2.05, 4.69) is 10.3 Å². The maximum atomic E-state index is 12.3. The number of nitriles is 1. The third kappa shape index (κ3) is 5.81. The zero-order valence-corrected chi connectivity index (χ0v) is 15.9. The summed E-state index contributed by atoms with van der Waals surface area (Å²) in [4.78, 5) is 14.2. The number of rotatable bonds is 8. The molecule has 27 heavy (non-hydrogen) atoms. The molecule has 0 aliphatic rings. The highest BCUT2D eigenvalue weighted by atomic mass is 32.2. The summed E-state index contributed by atoms with van der Waals surface area (Å²) in [6.45, 7) is 3.53. The molecule has 0 radical (unpaired) electrons. The lowest BCUT2D eigenvalue weighted by molar-refractivity contribution is -0.127. The molecule has 1 atom stereocenters. The molecular formula is C19H21N3O4S. The highest BCUT2D eigenvalue weighted by Gasteiger charge is 2.19. The Kier molecular flexibility index (Phi) is 6.93. The molecule has 0 aromatic heterocycles. The first-order valence-electron chi connectivity index (χ1n) is 8.43. The van der Waals surface area contributed by atoms with Crippen LogP contribution in [0.4, 0.5) is 0 Å². The summed E-state index contributed by atoms with van der Waals surface area (Å²) in [5, 5.41) is 8.76. The summed E-state index contributed by atoms with van der Waals surface area (Å²) < 4.78 is 30.0. The first-order valence-corrected chi connectivity index (χ1v) is 9.91. The second-order valence-electron chi connectivity index (χ2n) is 5.88. The Morgan fingerprint density at radius 3 is 2.33 bits per heavy atom. The van der Waals surface area contributed by atoms with Gasteiger partial charge in [0.05, 0.1) is 16.5 Å². The van der Waals surface area contributed by atoms with Crippen molar-refractivity contribution in [1.82, 2.24) is 10.3 Å². The van der Waals surface area contributed by atoms with E-state index in [1.54, 1.807) is 36.4 Å². The second kappa shape index (κ2) is 9.16. The van der Waals surface area contributed by atoms with Crippen LogP contribution in [-0.4, -0.2) is 20.4 Å². The van der Waals surface area contributed by atoms with Gasteiger partial charge in [-0.05, 0) is 55.3 Å². The zero-order chi connectivity index (χ0) is 19.9. The minimum absolute atomic E-state index is 0.0586. The predicted octanol–water partition coefficient (Wildman–Crippen LogP) is 2.29. The molecule has 0 aliphatic heterocycles. The van der Waals surface area contributed by atoms with Crippen molar-refractivity contribution in [3.05, 3.63) is 59.7 Å². The summed E-state index contributed by atoms with van der Waals surface area (Å²) in [7, 11) is -3.88. The van der Waals surface area contributed by atoms with E-state index >= 15 is 0 Å². The van der Waals surface area contributed by atoms with Gasteiger partial charge in [0.25, 0.3) is 15.9 Å². The monoisotopic (exact) mass is 387 g/mol. The van der Waals surface area contributed by atoms with Crippen LogP contribution in [0.1, 0.15) is 31.4 Å². The van der Waals surface area contributed by atoms with Crippen LogP contribution in [0.5, 0.6) is 5.75 Å². The quantitative estimate of drug-likeness (QED) is 0.676. The average molecular weight is 387 g/mol. The van der Waals surface area contributed by atoms with Crippen LogP contribution < -0.4 is 15.0 Å². The average Bonchev–Trinajstić information content (AvgIpc) is 2.67. The molecule has 2 N–H and O–H groups in total. The highest BCUT2D eigenvalue weighted by Crippen LogP contribution is 2.14. The number of benzene rings is 2. The molecule has 0 bridgehead atoms. The molecule has 0 unspecified atom stereocenters. The largest absolute Gasteiger partial charge is 0.481 e. The highest BCUT2D eigenvalue weighted by molar-refractivity contribution is 7.89. The Labute approximate surface area is 159 Å². The Morgan fingerprint density at radius 1 is 1.15 bits per heavy atom. The van der Waals surface area contributed by atoms with E-state index in [-0.39, 0.29) is 4.90 Å². The molecule has 0 spiro atoms. The van der Waals surface area contributed by atoms with Crippen LogP contribution in [0.25, 0.3) is 0 Å². The summed E-state index contributed by atoms with van der Waals surface area (Å²) in [6.07, 6.45) is 0.902. The summed E-state index contributed by atoms with van der Waals surface area (Å²) >= 11 is 0. The molecule has 0 aliphatic carbocycles. The van der Waals surface area contributed by atoms with Gasteiger partial charge in [-0.25, -0.2) is 8.42 Å². The van der Waals surface area contributed by atoms with Crippen LogP contribution in [0.3, 0.4) is 0 Å². The van der Waals surface area contributed by atoms with Crippen molar-refractivity contribution in [2.75, 3.05) is 0 Å². The van der Waals surface area contributed by atoms with Gasteiger partial charge >= 0.3 is 0 Å². The molecule has 0 saturated carbocycles. The smallest absolute Gasteiger partial charge is 0.275 e. The van der Waals surface area contributed by atoms with Crippen LogP contribution in [-0.2, 0) is 21.2 Å². The van der Waals surface area contributed by atoms with Gasteiger partial charge in [-0.3, -0.25) is 10.2 Å². The lowest BCUT2D eigenvalue weighted by atomic mass is 10.1. The molecule has 2 aromatic carbocycles. The van der Waals surface area contributed by atoms with Crippen molar-refractivity contribution in [3.63, 3.8) is 0 Å². The Morgan fingerprint density at radius 2 is 1.78 bits per heavy atom. The molecule has 1 amide bonds. The molecular weight excluding hydrogens is 366 g/mol. The van der Waals surface area contributed by atoms with Crippen molar-refractivity contribution < 1.29 is 17.9 Å². The third-order valence-corrected chi connectivity index (χ3v) is 5.01. The number of hydrogen-bond donors (Lipinski definition) is 2. The van der Waals surface area contributed by atoms with Gasteiger partial charge in [-0.15, -0.1) is 4.83 Å². The molecule has 2 rings (SSSR count). The van der Waals surface area contributed by atoms with Crippen LogP contribution in [0, 0.1) is 11.3 Å². The van der Waals surface area contributed by atoms with E-state index in [0.29, 0.717) is 11.3 Å². The second-order valence-corrected chi connectivity index (χ2v) is 7.57. The fourth-order valence-corrected chi connectivity index (χ4v) is 3.11. The van der Waals surface area contributed by atoms with Crippen molar-refractivity contribution in [2.24, 2.45) is 0 Å². The molecule has 7 nitrogen and oxygen atoms in total. The number of aryl methyl sites for hydroxylation is 1. The van der Waals surface area contributed by atoms with Gasteiger partial charge in [0.1, 0.15) is 5.75 Å². The molecule has 2 aromatic rings. The van der Waals surface area contributed by atoms with E-state index in [4.69, 9.17) is 10.00 Å². The standard InChI is InChI=1S/C19H21N3O4S/c1-3-4-15-7-11-18(12-8-15)27(24,25)22-21-19(23)14(2)26-17-9-5-16(13-20)6-10-17/h5-12,14,22H,3-4H2,1-2H3,(H,21,23)/t14-/m0/s1. The lowest BCUT2D eigenvalue weighted by Gasteiger charge is -2.15. The van der Waals surface area contributed by atoms with Gasteiger partial charge in [0.15, 0.2) is 6.10 Å². The fraction of sp³-hybridized carbons (Fsp3) is 0.263. The van der Waals surface area contributed by atoms with Gasteiger partial charge in [-0.2, -0.15) is 5.26 Å². The number of carbonyl (C=O) groups excluding carboxylic acids is 1. The van der Waals surface area contributed by atoms with E-state index in [1.807, 2.05) is 13.0 Å². The number of ether oxygens (including phenoxy) is 1. The van der Waals surface area contributed by atoms with Crippen molar-refractivity contribution in [2.45, 2.75) is 37.7 Å². The van der Waals surface area contributed by atoms with E-state index in [0.717, 1.165) is 18.4 Å². The van der Waals surface area contributed by atoms with Crippen molar-refractivity contribution in [1.29, 1.82) is 5.26 Å². The maximum absolute atomic E-state index is 12.3. The maximum Gasteiger partial charge on any atom is 0.275 e. The van der Waals surface area contributed by atoms with Gasteiger partial charge in [-0.1, -0.05) is 25.5 Å². The topological polar surface area (TPSA) is 108 Å². The Balaban J connectivity index is 1.93. The number of hydrazine groups is 1. The number of sulfonamides is 1. The zero-order valence-electron chi connectivity index (χ0n) is 15.1. The van der Waals surface area contributed by atoms with Gasteiger partial charge in [0.2, 0.25) is 0 Å². The SMILES string of the molecule is CCCc1ccc(S(=O)(=O)NNC(=O)[C@H](C)Oc2ccc(C#N)cc2)cc1. The Hall–Kier alpha value is -2.89. The number of hydrogen-bond acceptors (Lipinski definition) is 5. The number of carbonyl (C=O) groups is 1. The van der Waals surface area contributed by atoms with E-state index in [1.165, 1.54) is 19.1 Å². The predicted molar refractivity (Wildman–Crippen MR) is 100 cm³/mol. The van der Waals surface area contributed by atoms with Crippen LogP contribution in [0.2, 0.25) is 0 Å². The first-order chi connectivity index (χ1) is 12.9. The number of nitrogens with zero attached hydrogens (tertiary/aromatic N) is 1. The van der Waals surface area contributed by atoms with Gasteiger partial charge in [0, 0.05) is 0 Å². The molecule has 0 saturated heterocycles. The van der Waals surface area contributed by atoms with Crippen LogP contribution in [0.15, 0.2) is 53.4 Å². The summed E-state index contributed by atoms with van der Waals surface area (Å²) in [6, 6.07) is 14.7. The normalized spacial score (nSPS) is 12.0. The van der Waals surface area contributed by atoms with Gasteiger partial charge < -0.3 is 4.74 Å². The van der Waals surface area contributed by atoms with Crippen molar-refractivity contribution >= 4 is 15.9 Å². The number of nitrogens with one attached hydrogen (secondary N) is 2. The van der Waals surface area contributed by atoms with Crippen molar-refractivity contribution in [3.8, 4) is 11.8 Å². The van der Waals surface area contributed by atoms with E-state index in [9.17, 15) is 13.2 Å². The molecule has 142 valence electrons. The summed E-state index contributed by atoms with van der Waals surface area (Å²) in [5.41, 5.74) is 3.67. The molecule has 0 heterocycles. The lowest BCUT2D eigenvalue weighted by Crippen LogP contribution is -2.47. The first kappa shape index (κ1) is 20.4. The summed E-state index contributed by atoms with van der Waals surface area (Å²) in [5.74, 6) is -0.253. The van der Waals surface area contributed by atoms with E-state index < -0.39 is 22.0 Å². The minimum Gasteiger partial charge on any atom is -0.481 e. The molecule has 0 fully saturated rings.